The summed E-state index contributed by atoms with van der Waals surface area (Å²) in [5.41, 5.74) is 2.28. The van der Waals surface area contributed by atoms with Crippen LogP contribution in [0.1, 0.15) is 31.0 Å². The number of esters is 1. The predicted octanol–water partition coefficient (Wildman–Crippen LogP) is 2.50. The molecule has 0 unspecified atom stereocenters. The van der Waals surface area contributed by atoms with E-state index in [2.05, 4.69) is 4.99 Å². The number of benzene rings is 2. The Labute approximate surface area is 176 Å². The number of phenolic OH excluding ortho intramolecular Hbond substituents is 1. The van der Waals surface area contributed by atoms with Crippen LogP contribution in [0.5, 0.6) is 5.75 Å². The van der Waals surface area contributed by atoms with Crippen molar-refractivity contribution >= 4 is 23.4 Å². The van der Waals surface area contributed by atoms with Crippen LogP contribution in [0.15, 0.2) is 75.7 Å². The second-order valence-corrected chi connectivity index (χ2v) is 7.81. The molecule has 3 aromatic rings. The number of phenols is 1. The van der Waals surface area contributed by atoms with Crippen LogP contribution in [-0.2, 0) is 9.53 Å². The lowest BCUT2D eigenvalue weighted by Crippen LogP contribution is -2.39. The fourth-order valence-electron chi connectivity index (χ4n) is 3.46. The second-order valence-electron chi connectivity index (χ2n) is 6.80. The summed E-state index contributed by atoms with van der Waals surface area (Å²) < 4.78 is 7.33. The number of hydrogen-bond donors (Lipinski definition) is 1. The number of thiazole rings is 1. The lowest BCUT2D eigenvalue weighted by atomic mass is 9.96. The van der Waals surface area contributed by atoms with Crippen LogP contribution < -0.4 is 14.9 Å². The molecule has 4 rings (SSSR count). The molecule has 152 valence electrons. The van der Waals surface area contributed by atoms with Crippen molar-refractivity contribution in [1.29, 1.82) is 0 Å². The molecule has 0 fully saturated rings. The van der Waals surface area contributed by atoms with Crippen LogP contribution in [0, 0.1) is 0 Å². The zero-order chi connectivity index (χ0) is 21.3. The van der Waals surface area contributed by atoms with Gasteiger partial charge < -0.3 is 9.84 Å². The van der Waals surface area contributed by atoms with Gasteiger partial charge in [-0.2, -0.15) is 0 Å². The van der Waals surface area contributed by atoms with Gasteiger partial charge in [-0.05, 0) is 43.2 Å². The highest BCUT2D eigenvalue weighted by atomic mass is 32.1. The average Bonchev–Trinajstić information content (AvgIpc) is 3.04. The highest BCUT2D eigenvalue weighted by Crippen LogP contribution is 2.30. The Hall–Kier alpha value is -3.45. The van der Waals surface area contributed by atoms with E-state index in [1.54, 1.807) is 48.8 Å². The topological polar surface area (TPSA) is 80.9 Å². The van der Waals surface area contributed by atoms with Gasteiger partial charge in [0.2, 0.25) is 0 Å². The van der Waals surface area contributed by atoms with E-state index in [4.69, 9.17) is 4.74 Å². The Kier molecular flexibility index (Phi) is 5.37. The number of aromatic hydroxyl groups is 1. The SMILES string of the molecule is CCOC(=O)C1=C(C)N=c2s/c(=C/c3ccc(O)cc3)c(=O)n2[C@H]1c1ccccc1. The summed E-state index contributed by atoms with van der Waals surface area (Å²) in [7, 11) is 0. The number of aromatic nitrogens is 1. The molecule has 1 atom stereocenters. The molecule has 0 spiro atoms. The fourth-order valence-corrected chi connectivity index (χ4v) is 4.51. The predicted molar refractivity (Wildman–Crippen MR) is 115 cm³/mol. The van der Waals surface area contributed by atoms with Crippen molar-refractivity contribution < 1.29 is 14.6 Å². The van der Waals surface area contributed by atoms with Crippen LogP contribution in [-0.4, -0.2) is 22.2 Å². The molecular weight excluding hydrogens is 400 g/mol. The van der Waals surface area contributed by atoms with Crippen molar-refractivity contribution in [3.05, 3.63) is 96.7 Å². The Morgan fingerprint density at radius 1 is 1.20 bits per heavy atom. The monoisotopic (exact) mass is 420 g/mol. The van der Waals surface area contributed by atoms with Gasteiger partial charge in [-0.3, -0.25) is 9.36 Å². The van der Waals surface area contributed by atoms with Gasteiger partial charge in [-0.15, -0.1) is 0 Å². The minimum absolute atomic E-state index is 0.160. The van der Waals surface area contributed by atoms with E-state index in [0.29, 0.717) is 20.6 Å². The van der Waals surface area contributed by atoms with Crippen molar-refractivity contribution in [2.24, 2.45) is 4.99 Å². The van der Waals surface area contributed by atoms with E-state index in [9.17, 15) is 14.7 Å². The number of rotatable bonds is 4. The number of nitrogens with zero attached hydrogens (tertiary/aromatic N) is 2. The Balaban J connectivity index is 1.94. The smallest absolute Gasteiger partial charge is 0.338 e. The van der Waals surface area contributed by atoms with E-state index in [-0.39, 0.29) is 17.9 Å². The first kappa shape index (κ1) is 19.8. The first-order valence-corrected chi connectivity index (χ1v) is 10.3. The number of fused-ring (bicyclic) bond motifs is 1. The summed E-state index contributed by atoms with van der Waals surface area (Å²) in [5.74, 6) is -0.312. The maximum absolute atomic E-state index is 13.4. The van der Waals surface area contributed by atoms with Crippen LogP contribution in [0.2, 0.25) is 0 Å². The van der Waals surface area contributed by atoms with Crippen molar-refractivity contribution in [2.75, 3.05) is 6.61 Å². The van der Waals surface area contributed by atoms with Crippen LogP contribution in [0.4, 0.5) is 0 Å². The number of hydrogen-bond acceptors (Lipinski definition) is 6. The molecule has 1 aromatic heterocycles. The van der Waals surface area contributed by atoms with Crippen molar-refractivity contribution in [1.82, 2.24) is 4.57 Å². The summed E-state index contributed by atoms with van der Waals surface area (Å²) >= 11 is 1.27. The molecule has 0 saturated heterocycles. The van der Waals surface area contributed by atoms with E-state index in [1.165, 1.54) is 11.3 Å². The van der Waals surface area contributed by atoms with E-state index in [1.807, 2.05) is 30.3 Å². The quantitative estimate of drug-likeness (QED) is 0.658. The van der Waals surface area contributed by atoms with Crippen LogP contribution in [0.25, 0.3) is 6.08 Å². The number of carbonyl (C=O) groups is 1. The van der Waals surface area contributed by atoms with E-state index >= 15 is 0 Å². The molecule has 0 aliphatic carbocycles. The highest BCUT2D eigenvalue weighted by Gasteiger charge is 2.33. The molecule has 2 heterocycles. The number of ether oxygens (including phenoxy) is 1. The average molecular weight is 420 g/mol. The number of allylic oxidation sites excluding steroid dienone is 1. The summed E-state index contributed by atoms with van der Waals surface area (Å²) in [5, 5.41) is 9.48. The highest BCUT2D eigenvalue weighted by molar-refractivity contribution is 7.07. The third-order valence-electron chi connectivity index (χ3n) is 4.82. The van der Waals surface area contributed by atoms with Crippen molar-refractivity contribution in [3.63, 3.8) is 0 Å². The minimum atomic E-state index is -0.608. The van der Waals surface area contributed by atoms with E-state index in [0.717, 1.165) is 11.1 Å². The van der Waals surface area contributed by atoms with Crippen LogP contribution >= 0.6 is 11.3 Å². The van der Waals surface area contributed by atoms with Gasteiger partial charge in [0.25, 0.3) is 5.56 Å². The maximum atomic E-state index is 13.4. The summed E-state index contributed by atoms with van der Waals surface area (Å²) in [6.07, 6.45) is 1.76. The molecule has 1 aliphatic rings. The van der Waals surface area contributed by atoms with Gasteiger partial charge in [0, 0.05) is 0 Å². The van der Waals surface area contributed by atoms with Crippen molar-refractivity contribution in [3.8, 4) is 5.75 Å². The fraction of sp³-hybridized carbons (Fsp3) is 0.174. The molecule has 0 amide bonds. The third kappa shape index (κ3) is 3.59. The van der Waals surface area contributed by atoms with Gasteiger partial charge >= 0.3 is 5.97 Å². The molecule has 0 saturated carbocycles. The lowest BCUT2D eigenvalue weighted by Gasteiger charge is -2.24. The first-order valence-electron chi connectivity index (χ1n) is 9.53. The summed E-state index contributed by atoms with van der Waals surface area (Å²) in [6, 6.07) is 15.4. The zero-order valence-corrected chi connectivity index (χ0v) is 17.3. The molecule has 1 N–H and O–H groups in total. The molecule has 6 nitrogen and oxygen atoms in total. The normalized spacial score (nSPS) is 16.2. The molecule has 2 aromatic carbocycles. The summed E-state index contributed by atoms with van der Waals surface area (Å²) in [6.45, 7) is 3.75. The van der Waals surface area contributed by atoms with Gasteiger partial charge in [-0.25, -0.2) is 9.79 Å². The summed E-state index contributed by atoms with van der Waals surface area (Å²) in [4.78, 5) is 31.2. The molecule has 30 heavy (non-hydrogen) atoms. The molecule has 1 aliphatic heterocycles. The molecule has 0 bridgehead atoms. The van der Waals surface area contributed by atoms with Gasteiger partial charge in [0.1, 0.15) is 5.75 Å². The molecular formula is C23H20N2O4S. The Morgan fingerprint density at radius 3 is 2.57 bits per heavy atom. The molecule has 7 heteroatoms. The Bertz CT molecular complexity index is 1300. The van der Waals surface area contributed by atoms with Gasteiger partial charge in [0.05, 0.1) is 28.5 Å². The Morgan fingerprint density at radius 2 is 1.90 bits per heavy atom. The first-order chi connectivity index (χ1) is 14.5. The van der Waals surface area contributed by atoms with Crippen LogP contribution in [0.3, 0.4) is 0 Å². The zero-order valence-electron chi connectivity index (χ0n) is 16.5. The minimum Gasteiger partial charge on any atom is -0.508 e. The van der Waals surface area contributed by atoms with E-state index < -0.39 is 12.0 Å². The third-order valence-corrected chi connectivity index (χ3v) is 5.81. The second kappa shape index (κ2) is 8.12. The maximum Gasteiger partial charge on any atom is 0.338 e. The standard InChI is InChI=1S/C23H20N2O4S/c1-3-29-22(28)19-14(2)24-23-25(20(19)16-7-5-4-6-8-16)21(27)18(30-23)13-15-9-11-17(26)12-10-15/h4-13,20,26H,3H2,1-2H3/b18-13+/t20-/m0/s1. The lowest BCUT2D eigenvalue weighted by molar-refractivity contribution is -0.139. The largest absolute Gasteiger partial charge is 0.508 e. The van der Waals surface area contributed by atoms with Gasteiger partial charge in [0.15, 0.2) is 4.80 Å². The molecule has 0 radical (unpaired) electrons. The van der Waals surface area contributed by atoms with Gasteiger partial charge in [-0.1, -0.05) is 53.8 Å². The number of carbonyl (C=O) groups excluding carboxylic acids is 1. The van der Waals surface area contributed by atoms with Crippen molar-refractivity contribution in [2.45, 2.75) is 19.9 Å².